The lowest BCUT2D eigenvalue weighted by atomic mass is 10.0. The molecule has 1 unspecified atom stereocenters. The summed E-state index contributed by atoms with van der Waals surface area (Å²) in [6.07, 6.45) is 3.25. The molecule has 4 heterocycles. The van der Waals surface area contributed by atoms with E-state index >= 15 is 0 Å². The number of anilines is 1. The number of fused-ring (bicyclic) bond motifs is 2. The molecule has 0 fully saturated rings. The molecule has 1 atom stereocenters. The van der Waals surface area contributed by atoms with Crippen LogP contribution in [0.15, 0.2) is 36.7 Å². The van der Waals surface area contributed by atoms with Crippen LogP contribution in [0.4, 0.5) is 5.82 Å². The maximum absolute atomic E-state index is 12.4. The summed E-state index contributed by atoms with van der Waals surface area (Å²) < 4.78 is 11.1. The lowest BCUT2D eigenvalue weighted by molar-refractivity contribution is -0.145. The molecule has 1 amide bonds. The first-order valence-electron chi connectivity index (χ1n) is 11.4. The van der Waals surface area contributed by atoms with E-state index in [0.717, 1.165) is 0 Å². The molecule has 0 bridgehead atoms. The molecule has 1 aliphatic heterocycles. The summed E-state index contributed by atoms with van der Waals surface area (Å²) in [5.74, 6) is -1.83. The highest BCUT2D eigenvalue weighted by atomic mass is 16.5. The molecule has 0 saturated carbocycles. The number of nitrogens with zero attached hydrogens (tertiary/aromatic N) is 4. The maximum Gasteiger partial charge on any atom is 0.344 e. The van der Waals surface area contributed by atoms with E-state index in [-0.39, 0.29) is 22.9 Å². The monoisotopic (exact) mass is 496 g/mol. The summed E-state index contributed by atoms with van der Waals surface area (Å²) in [6.45, 7) is 11.5. The van der Waals surface area contributed by atoms with Gasteiger partial charge in [0.05, 0.1) is 14.2 Å². The Hall–Kier alpha value is -3.95. The molecule has 0 saturated heterocycles. The zero-order valence-corrected chi connectivity index (χ0v) is 21.8. The number of carbonyl (C=O) groups excluding carboxylic acids is 3. The molecule has 0 aliphatic carbocycles. The van der Waals surface area contributed by atoms with Crippen LogP contribution < -0.4 is 4.90 Å². The van der Waals surface area contributed by atoms with E-state index in [1.54, 1.807) is 46.1 Å². The molecule has 10 heteroatoms. The fourth-order valence-electron chi connectivity index (χ4n) is 4.22. The van der Waals surface area contributed by atoms with Crippen LogP contribution in [-0.4, -0.2) is 57.2 Å². The van der Waals surface area contributed by atoms with Gasteiger partial charge in [-0.3, -0.25) is 19.1 Å². The van der Waals surface area contributed by atoms with Gasteiger partial charge in [0.2, 0.25) is 11.8 Å². The van der Waals surface area contributed by atoms with Gasteiger partial charge in [-0.15, -0.1) is 0 Å². The van der Waals surface area contributed by atoms with Gasteiger partial charge in [0.15, 0.2) is 5.92 Å². The number of pyridine rings is 2. The Bertz CT molecular complexity index is 1320. The minimum atomic E-state index is -0.891. The summed E-state index contributed by atoms with van der Waals surface area (Å²) in [6, 6.07) is 6.93. The topological polar surface area (TPSA) is 124 Å². The van der Waals surface area contributed by atoms with Crippen LogP contribution >= 0.6 is 0 Å². The van der Waals surface area contributed by atoms with Gasteiger partial charge in [-0.2, -0.15) is 0 Å². The van der Waals surface area contributed by atoms with E-state index in [1.165, 1.54) is 14.2 Å². The maximum atomic E-state index is 12.4. The van der Waals surface area contributed by atoms with Crippen LogP contribution in [0.25, 0.3) is 11.0 Å². The molecule has 4 rings (SSSR count). The standard InChI is InChI=1S/2C13H16N2O3/c2*1-13(2,3)15-10-8(6-5-7-14-10)9(11(15)16)12(17)18-4/h5-7,16H,1-4H3;5-7,9H,1-4H3. The first kappa shape index (κ1) is 26.7. The second-order valence-corrected chi connectivity index (χ2v) is 10.3. The van der Waals surface area contributed by atoms with E-state index in [2.05, 4.69) is 9.97 Å². The number of ether oxygens (including phenoxy) is 2. The van der Waals surface area contributed by atoms with Crippen molar-refractivity contribution in [3.63, 3.8) is 0 Å². The molecule has 3 aromatic heterocycles. The van der Waals surface area contributed by atoms with Crippen molar-refractivity contribution in [2.45, 2.75) is 58.5 Å². The summed E-state index contributed by atoms with van der Waals surface area (Å²) in [4.78, 5) is 45.9. The van der Waals surface area contributed by atoms with Gasteiger partial charge in [0.1, 0.15) is 17.0 Å². The van der Waals surface area contributed by atoms with Crippen molar-refractivity contribution >= 4 is 34.7 Å². The highest BCUT2D eigenvalue weighted by Gasteiger charge is 2.47. The van der Waals surface area contributed by atoms with Crippen molar-refractivity contribution in [2.24, 2.45) is 0 Å². The van der Waals surface area contributed by atoms with Gasteiger partial charge in [0.25, 0.3) is 0 Å². The Morgan fingerprint density at radius 3 is 2.11 bits per heavy atom. The lowest BCUT2D eigenvalue weighted by Gasteiger charge is -2.31. The first-order chi connectivity index (χ1) is 16.8. The first-order valence-corrected chi connectivity index (χ1v) is 11.4. The molecule has 1 aliphatic rings. The summed E-state index contributed by atoms with van der Waals surface area (Å²) in [5, 5.41) is 10.9. The third kappa shape index (κ3) is 4.62. The Morgan fingerprint density at radius 2 is 1.56 bits per heavy atom. The van der Waals surface area contributed by atoms with E-state index < -0.39 is 23.4 Å². The molecule has 36 heavy (non-hydrogen) atoms. The van der Waals surface area contributed by atoms with Gasteiger partial charge < -0.3 is 14.6 Å². The minimum absolute atomic E-state index is 0.108. The number of aromatic hydroxyl groups is 1. The number of hydrogen-bond acceptors (Lipinski definition) is 8. The number of carbonyl (C=O) groups is 3. The van der Waals surface area contributed by atoms with Gasteiger partial charge in [0, 0.05) is 34.4 Å². The molecule has 0 spiro atoms. The third-order valence-corrected chi connectivity index (χ3v) is 5.68. The molecule has 10 nitrogen and oxygen atoms in total. The molecule has 3 aromatic rings. The molecule has 192 valence electrons. The van der Waals surface area contributed by atoms with Crippen molar-refractivity contribution in [1.82, 2.24) is 14.5 Å². The Morgan fingerprint density at radius 1 is 0.944 bits per heavy atom. The number of aromatic nitrogens is 3. The van der Waals surface area contributed by atoms with Crippen molar-refractivity contribution in [1.29, 1.82) is 0 Å². The number of rotatable bonds is 2. The van der Waals surface area contributed by atoms with E-state index in [9.17, 15) is 19.5 Å². The lowest BCUT2D eigenvalue weighted by Crippen LogP contribution is -2.45. The van der Waals surface area contributed by atoms with Crippen LogP contribution in [-0.2, 0) is 24.6 Å². The molecule has 0 aromatic carbocycles. The summed E-state index contributed by atoms with van der Waals surface area (Å²) in [5.41, 5.74) is 0.536. The Labute approximate surface area is 209 Å². The van der Waals surface area contributed by atoms with E-state index in [0.29, 0.717) is 22.4 Å². The van der Waals surface area contributed by atoms with Crippen molar-refractivity contribution < 1.29 is 29.0 Å². The second kappa shape index (κ2) is 9.60. The average Bonchev–Trinajstić information content (AvgIpc) is 3.28. The van der Waals surface area contributed by atoms with Crippen molar-refractivity contribution in [3.8, 4) is 5.88 Å². The van der Waals surface area contributed by atoms with E-state index in [1.807, 2.05) is 41.5 Å². The normalized spacial score (nSPS) is 15.3. The third-order valence-electron chi connectivity index (χ3n) is 5.68. The van der Waals surface area contributed by atoms with Crippen molar-refractivity contribution in [2.75, 3.05) is 19.1 Å². The number of methoxy groups -OCH3 is 2. The van der Waals surface area contributed by atoms with E-state index in [4.69, 9.17) is 9.47 Å². The number of hydrogen-bond donors (Lipinski definition) is 1. The smallest absolute Gasteiger partial charge is 0.344 e. The van der Waals surface area contributed by atoms with Crippen LogP contribution in [0.1, 0.15) is 63.4 Å². The quantitative estimate of drug-likeness (QED) is 0.420. The molecule has 1 N–H and O–H groups in total. The van der Waals surface area contributed by atoms with Crippen LogP contribution in [0.3, 0.4) is 0 Å². The van der Waals surface area contributed by atoms with Gasteiger partial charge >= 0.3 is 11.9 Å². The SMILES string of the molecule is COC(=O)C1C(=O)N(C(C)(C)C)c2ncccc21.COC(=O)c1c(O)n(C(C)(C)C)c2ncccc12. The Balaban J connectivity index is 0.000000201. The van der Waals surface area contributed by atoms with Gasteiger partial charge in [-0.25, -0.2) is 14.8 Å². The molecule has 0 radical (unpaired) electrons. The average molecular weight is 497 g/mol. The highest BCUT2D eigenvalue weighted by Crippen LogP contribution is 2.40. The predicted octanol–water partition coefficient (Wildman–Crippen LogP) is 3.77. The Kier molecular flexibility index (Phi) is 7.11. The predicted molar refractivity (Wildman–Crippen MR) is 134 cm³/mol. The fourth-order valence-corrected chi connectivity index (χ4v) is 4.22. The molecular weight excluding hydrogens is 464 g/mol. The fraction of sp³-hybridized carbons (Fsp3) is 0.423. The number of esters is 2. The summed E-state index contributed by atoms with van der Waals surface area (Å²) >= 11 is 0. The number of amides is 1. The van der Waals surface area contributed by atoms with Gasteiger partial charge in [-0.05, 0) is 59.7 Å². The van der Waals surface area contributed by atoms with Crippen LogP contribution in [0.5, 0.6) is 5.88 Å². The van der Waals surface area contributed by atoms with Crippen molar-refractivity contribution in [3.05, 3.63) is 47.8 Å². The molecular formula is C26H32N4O6. The summed E-state index contributed by atoms with van der Waals surface area (Å²) in [7, 11) is 2.57. The highest BCUT2D eigenvalue weighted by molar-refractivity contribution is 6.16. The van der Waals surface area contributed by atoms with Crippen LogP contribution in [0, 0.1) is 0 Å². The zero-order chi connectivity index (χ0) is 27.0. The minimum Gasteiger partial charge on any atom is -0.494 e. The van der Waals surface area contributed by atoms with Crippen LogP contribution in [0.2, 0.25) is 0 Å². The van der Waals surface area contributed by atoms with Gasteiger partial charge in [-0.1, -0.05) is 6.07 Å². The largest absolute Gasteiger partial charge is 0.494 e. The second-order valence-electron chi connectivity index (χ2n) is 10.3. The zero-order valence-electron chi connectivity index (χ0n) is 21.8.